The normalized spacial score (nSPS) is 30.6. The van der Waals surface area contributed by atoms with E-state index < -0.39 is 0 Å². The van der Waals surface area contributed by atoms with E-state index >= 15 is 0 Å². The first-order chi connectivity index (χ1) is 8.36. The van der Waals surface area contributed by atoms with Gasteiger partial charge in [-0.3, -0.25) is 4.79 Å². The number of nitrogens with one attached hydrogen (secondary N) is 2. The van der Waals surface area contributed by atoms with Crippen LogP contribution in [0.15, 0.2) is 0 Å². The van der Waals surface area contributed by atoms with Gasteiger partial charge < -0.3 is 15.4 Å². The maximum absolute atomic E-state index is 12.0. The van der Waals surface area contributed by atoms with E-state index in [-0.39, 0.29) is 11.9 Å². The van der Waals surface area contributed by atoms with Gasteiger partial charge in [0.05, 0.1) is 12.6 Å². The molecule has 0 aromatic rings. The lowest BCUT2D eigenvalue weighted by Crippen LogP contribution is -2.46. The van der Waals surface area contributed by atoms with Crippen LogP contribution in [0, 0.1) is 5.92 Å². The van der Waals surface area contributed by atoms with Crippen molar-refractivity contribution in [2.24, 2.45) is 5.92 Å². The molecule has 17 heavy (non-hydrogen) atoms. The van der Waals surface area contributed by atoms with Crippen LogP contribution < -0.4 is 10.6 Å². The number of carbonyl (C=O) groups excluding carboxylic acids is 1. The summed E-state index contributed by atoms with van der Waals surface area (Å²) in [6.07, 6.45) is 6.98. The summed E-state index contributed by atoms with van der Waals surface area (Å²) < 4.78 is 5.30. The molecule has 0 aliphatic carbocycles. The SMILES string of the molecule is O=C(NCC1CCOC1)C1CCCCCCN1. The van der Waals surface area contributed by atoms with Crippen molar-refractivity contribution < 1.29 is 9.53 Å². The summed E-state index contributed by atoms with van der Waals surface area (Å²) in [6, 6.07) is 0.0256. The molecule has 0 spiro atoms. The number of hydrogen-bond acceptors (Lipinski definition) is 3. The standard InChI is InChI=1S/C13H24N2O2/c16-13(15-9-11-6-8-17-10-11)12-5-3-1-2-4-7-14-12/h11-12,14H,1-10H2,(H,15,16). The summed E-state index contributed by atoms with van der Waals surface area (Å²) in [7, 11) is 0. The van der Waals surface area contributed by atoms with Gasteiger partial charge in [0.15, 0.2) is 0 Å². The Morgan fingerprint density at radius 3 is 2.94 bits per heavy atom. The van der Waals surface area contributed by atoms with Crippen molar-refractivity contribution in [2.45, 2.75) is 44.6 Å². The monoisotopic (exact) mass is 240 g/mol. The molecule has 0 aromatic heterocycles. The maximum atomic E-state index is 12.0. The molecule has 2 aliphatic heterocycles. The molecule has 2 atom stereocenters. The van der Waals surface area contributed by atoms with Gasteiger partial charge in [-0.15, -0.1) is 0 Å². The topological polar surface area (TPSA) is 50.4 Å². The molecular weight excluding hydrogens is 216 g/mol. The van der Waals surface area contributed by atoms with E-state index in [1.54, 1.807) is 0 Å². The first-order valence-corrected chi connectivity index (χ1v) is 6.95. The van der Waals surface area contributed by atoms with Gasteiger partial charge >= 0.3 is 0 Å². The third-order valence-corrected chi connectivity index (χ3v) is 3.72. The van der Waals surface area contributed by atoms with Crippen molar-refractivity contribution in [3.05, 3.63) is 0 Å². The van der Waals surface area contributed by atoms with Crippen LogP contribution in [-0.4, -0.2) is 38.3 Å². The predicted molar refractivity (Wildman–Crippen MR) is 66.8 cm³/mol. The highest BCUT2D eigenvalue weighted by molar-refractivity contribution is 5.81. The maximum Gasteiger partial charge on any atom is 0.237 e. The average molecular weight is 240 g/mol. The van der Waals surface area contributed by atoms with Crippen molar-refractivity contribution in [2.75, 3.05) is 26.3 Å². The average Bonchev–Trinajstić information content (AvgIpc) is 2.78. The third kappa shape index (κ3) is 4.28. The Labute approximate surface area is 103 Å². The number of rotatable bonds is 3. The Hall–Kier alpha value is -0.610. The van der Waals surface area contributed by atoms with E-state index in [2.05, 4.69) is 10.6 Å². The van der Waals surface area contributed by atoms with Gasteiger partial charge in [0.25, 0.3) is 0 Å². The molecule has 2 saturated heterocycles. The molecule has 2 rings (SSSR count). The van der Waals surface area contributed by atoms with Crippen molar-refractivity contribution in [1.29, 1.82) is 0 Å². The molecule has 0 bridgehead atoms. The van der Waals surface area contributed by atoms with Crippen LogP contribution >= 0.6 is 0 Å². The summed E-state index contributed by atoms with van der Waals surface area (Å²) in [6.45, 7) is 3.40. The van der Waals surface area contributed by atoms with Crippen molar-refractivity contribution in [3.8, 4) is 0 Å². The minimum absolute atomic E-state index is 0.0256. The van der Waals surface area contributed by atoms with Crippen LogP contribution in [0.4, 0.5) is 0 Å². The molecule has 4 nitrogen and oxygen atoms in total. The highest BCUT2D eigenvalue weighted by Crippen LogP contribution is 2.12. The van der Waals surface area contributed by atoms with E-state index in [0.29, 0.717) is 5.92 Å². The van der Waals surface area contributed by atoms with E-state index in [1.165, 1.54) is 19.3 Å². The lowest BCUT2D eigenvalue weighted by atomic mass is 10.0. The minimum atomic E-state index is 0.0256. The number of hydrogen-bond donors (Lipinski definition) is 2. The van der Waals surface area contributed by atoms with Crippen LogP contribution in [0.25, 0.3) is 0 Å². The fraction of sp³-hybridized carbons (Fsp3) is 0.923. The van der Waals surface area contributed by atoms with Crippen molar-refractivity contribution in [3.63, 3.8) is 0 Å². The zero-order valence-corrected chi connectivity index (χ0v) is 10.5. The van der Waals surface area contributed by atoms with Crippen LogP contribution in [0.3, 0.4) is 0 Å². The highest BCUT2D eigenvalue weighted by Gasteiger charge is 2.21. The third-order valence-electron chi connectivity index (χ3n) is 3.72. The second-order valence-electron chi connectivity index (χ2n) is 5.18. The van der Waals surface area contributed by atoms with E-state index in [9.17, 15) is 4.79 Å². The van der Waals surface area contributed by atoms with E-state index in [0.717, 1.165) is 45.6 Å². The molecule has 2 N–H and O–H groups in total. The predicted octanol–water partition coefficient (Wildman–Crippen LogP) is 1.06. The zero-order valence-electron chi connectivity index (χ0n) is 10.5. The quantitative estimate of drug-likeness (QED) is 0.775. The Kier molecular flexibility index (Phi) is 5.26. The van der Waals surface area contributed by atoms with Gasteiger partial charge in [-0.1, -0.05) is 19.3 Å². The summed E-state index contributed by atoms with van der Waals surface area (Å²) >= 11 is 0. The Morgan fingerprint density at radius 2 is 2.12 bits per heavy atom. The Balaban J connectivity index is 1.69. The summed E-state index contributed by atoms with van der Waals surface area (Å²) in [5.41, 5.74) is 0. The molecule has 2 aliphatic rings. The van der Waals surface area contributed by atoms with E-state index in [4.69, 9.17) is 4.74 Å². The summed E-state index contributed by atoms with van der Waals surface area (Å²) in [5.74, 6) is 0.700. The van der Waals surface area contributed by atoms with Crippen LogP contribution in [-0.2, 0) is 9.53 Å². The van der Waals surface area contributed by atoms with Crippen LogP contribution in [0.2, 0.25) is 0 Å². The minimum Gasteiger partial charge on any atom is -0.381 e. The van der Waals surface area contributed by atoms with Crippen LogP contribution in [0.1, 0.15) is 38.5 Å². The molecule has 0 saturated carbocycles. The first-order valence-electron chi connectivity index (χ1n) is 6.95. The number of carbonyl (C=O) groups is 1. The molecule has 0 radical (unpaired) electrons. The van der Waals surface area contributed by atoms with Gasteiger partial charge in [0, 0.05) is 19.1 Å². The highest BCUT2D eigenvalue weighted by atomic mass is 16.5. The van der Waals surface area contributed by atoms with Crippen molar-refractivity contribution >= 4 is 5.91 Å². The van der Waals surface area contributed by atoms with Gasteiger partial charge in [-0.05, 0) is 25.8 Å². The van der Waals surface area contributed by atoms with E-state index in [1.807, 2.05) is 0 Å². The molecule has 98 valence electrons. The fourth-order valence-corrected chi connectivity index (χ4v) is 2.54. The van der Waals surface area contributed by atoms with Gasteiger partial charge in [-0.2, -0.15) is 0 Å². The van der Waals surface area contributed by atoms with Gasteiger partial charge in [-0.25, -0.2) is 0 Å². The summed E-state index contributed by atoms with van der Waals surface area (Å²) in [5, 5.41) is 6.41. The molecule has 2 unspecified atom stereocenters. The first kappa shape index (κ1) is 12.8. The summed E-state index contributed by atoms with van der Waals surface area (Å²) in [4.78, 5) is 12.0. The number of ether oxygens (including phenoxy) is 1. The molecule has 0 aromatic carbocycles. The molecule has 4 heteroatoms. The lowest BCUT2D eigenvalue weighted by molar-refractivity contribution is -0.123. The van der Waals surface area contributed by atoms with Crippen molar-refractivity contribution in [1.82, 2.24) is 10.6 Å². The zero-order chi connectivity index (χ0) is 11.9. The lowest BCUT2D eigenvalue weighted by Gasteiger charge is -2.21. The Morgan fingerprint density at radius 1 is 1.24 bits per heavy atom. The number of amides is 1. The van der Waals surface area contributed by atoms with Crippen LogP contribution in [0.5, 0.6) is 0 Å². The molecule has 1 amide bonds. The molecular formula is C13H24N2O2. The second kappa shape index (κ2) is 6.97. The molecule has 2 fully saturated rings. The molecule has 2 heterocycles. The largest absolute Gasteiger partial charge is 0.381 e. The smallest absolute Gasteiger partial charge is 0.237 e. The van der Waals surface area contributed by atoms with Gasteiger partial charge in [0.1, 0.15) is 0 Å². The fourth-order valence-electron chi connectivity index (χ4n) is 2.54. The Bertz CT molecular complexity index is 232. The second-order valence-corrected chi connectivity index (χ2v) is 5.18. The van der Waals surface area contributed by atoms with Gasteiger partial charge in [0.2, 0.25) is 5.91 Å².